The molecule has 144 valence electrons. The van der Waals surface area contributed by atoms with Crippen LogP contribution in [0.3, 0.4) is 0 Å². The summed E-state index contributed by atoms with van der Waals surface area (Å²) in [7, 11) is 0. The minimum absolute atomic E-state index is 0.0324. The van der Waals surface area contributed by atoms with Crippen LogP contribution >= 0.6 is 0 Å². The molecule has 0 saturated carbocycles. The van der Waals surface area contributed by atoms with Crippen LogP contribution in [0.5, 0.6) is 0 Å². The largest absolute Gasteiger partial charge is 0.595 e. The summed E-state index contributed by atoms with van der Waals surface area (Å²) in [5.74, 6) is 0.127. The number of carbonyl (C=O) groups is 1. The molecule has 8 heteroatoms. The summed E-state index contributed by atoms with van der Waals surface area (Å²) < 4.78 is 1.70. The maximum absolute atomic E-state index is 11.7. The molecular weight excluding hydrogens is 346 g/mol. The summed E-state index contributed by atoms with van der Waals surface area (Å²) >= 11 is 0. The second-order valence-electron chi connectivity index (χ2n) is 6.66. The zero-order chi connectivity index (χ0) is 19.6. The molecule has 8 nitrogen and oxygen atoms in total. The summed E-state index contributed by atoms with van der Waals surface area (Å²) in [4.78, 5) is 11.7. The number of allylic oxidation sites excluding steroid dienone is 1. The maximum Gasteiger partial charge on any atom is 0.315 e. The number of carbonyl (C=O) groups excluding carboxylic acids is 1. The number of quaternary nitrogens is 1. The maximum atomic E-state index is 11.7. The monoisotopic (exact) mass is 371 g/mol. The molecular formula is C19H25N5O3. The van der Waals surface area contributed by atoms with Gasteiger partial charge in [-0.3, -0.25) is 0 Å². The van der Waals surface area contributed by atoms with E-state index in [0.29, 0.717) is 12.2 Å². The smallest absolute Gasteiger partial charge is 0.315 e. The second kappa shape index (κ2) is 7.91. The standard InChI is InChI=1S/C19H25N5O3/c1-4-20-19(25)21-15-10-9-14(11-15)18-12(2)22-23(13(18)3)16-7-5-6-8-17(16)24(26)27/h5-10,14-15,24,26H,4,11H2,1-3H3,(H2,20,21,25). The third-order valence-electron chi connectivity index (χ3n) is 4.82. The van der Waals surface area contributed by atoms with Crippen molar-refractivity contribution in [3.8, 4) is 5.69 Å². The number of urea groups is 1. The number of hydrogen-bond acceptors (Lipinski definition) is 4. The Hall–Kier alpha value is -2.68. The van der Waals surface area contributed by atoms with Gasteiger partial charge in [-0.05, 0) is 33.3 Å². The van der Waals surface area contributed by atoms with Gasteiger partial charge >= 0.3 is 6.03 Å². The van der Waals surface area contributed by atoms with E-state index in [-0.39, 0.29) is 23.7 Å². The predicted molar refractivity (Wildman–Crippen MR) is 101 cm³/mol. The normalized spacial score (nSPS) is 19.9. The van der Waals surface area contributed by atoms with E-state index in [9.17, 15) is 15.2 Å². The van der Waals surface area contributed by atoms with Gasteiger partial charge in [-0.25, -0.2) is 14.7 Å². The van der Waals surface area contributed by atoms with Crippen molar-refractivity contribution in [2.75, 3.05) is 6.54 Å². The topological polar surface area (TPSA) is 107 Å². The minimum atomic E-state index is -0.980. The highest BCUT2D eigenvalue weighted by atomic mass is 16.8. The number of benzene rings is 1. The van der Waals surface area contributed by atoms with Gasteiger partial charge in [0, 0.05) is 35.8 Å². The molecule has 4 N–H and O–H groups in total. The number of rotatable bonds is 5. The van der Waals surface area contributed by atoms with Crippen LogP contribution in [0.1, 0.15) is 36.2 Å². The Morgan fingerprint density at radius 2 is 2.11 bits per heavy atom. The molecule has 2 aromatic rings. The van der Waals surface area contributed by atoms with Crippen molar-refractivity contribution in [3.63, 3.8) is 0 Å². The van der Waals surface area contributed by atoms with Gasteiger partial charge < -0.3 is 15.8 Å². The summed E-state index contributed by atoms with van der Waals surface area (Å²) in [5.41, 5.74) is 3.62. The van der Waals surface area contributed by atoms with E-state index in [2.05, 4.69) is 21.8 Å². The van der Waals surface area contributed by atoms with Crippen LogP contribution in [0.2, 0.25) is 0 Å². The number of amides is 2. The van der Waals surface area contributed by atoms with Gasteiger partial charge in [0.25, 0.3) is 0 Å². The van der Waals surface area contributed by atoms with Crippen LogP contribution in [0.15, 0.2) is 36.4 Å². The van der Waals surface area contributed by atoms with E-state index >= 15 is 0 Å². The Labute approximate surface area is 158 Å². The highest BCUT2D eigenvalue weighted by molar-refractivity contribution is 5.74. The third-order valence-corrected chi connectivity index (χ3v) is 4.82. The Morgan fingerprint density at radius 3 is 2.81 bits per heavy atom. The van der Waals surface area contributed by atoms with Crippen molar-refractivity contribution < 1.29 is 15.2 Å². The molecule has 2 amide bonds. The van der Waals surface area contributed by atoms with Gasteiger partial charge in [0.05, 0.1) is 5.69 Å². The first kappa shape index (κ1) is 19.1. The molecule has 0 saturated heterocycles. The van der Waals surface area contributed by atoms with Crippen molar-refractivity contribution in [1.82, 2.24) is 20.4 Å². The Kier molecular flexibility index (Phi) is 5.59. The first-order valence-corrected chi connectivity index (χ1v) is 9.03. The number of nitrogens with one attached hydrogen (secondary N) is 3. The molecule has 0 aliphatic heterocycles. The summed E-state index contributed by atoms with van der Waals surface area (Å²) in [6.07, 6.45) is 4.84. The molecule has 0 spiro atoms. The van der Waals surface area contributed by atoms with Crippen LogP contribution in [-0.2, 0) is 0 Å². The zero-order valence-corrected chi connectivity index (χ0v) is 15.7. The SMILES string of the molecule is CCNC(=O)NC1C=CC(c2c(C)nn(-c3ccccc3[NH+]([O-])O)c2C)C1. The fraction of sp³-hybridized carbons (Fsp3) is 0.368. The van der Waals surface area contributed by atoms with Gasteiger partial charge in [-0.2, -0.15) is 10.3 Å². The average Bonchev–Trinajstić information content (AvgIpc) is 3.18. The van der Waals surface area contributed by atoms with Gasteiger partial charge in [0.1, 0.15) is 5.69 Å². The third kappa shape index (κ3) is 3.87. The van der Waals surface area contributed by atoms with E-state index in [4.69, 9.17) is 0 Å². The van der Waals surface area contributed by atoms with Crippen LogP contribution in [0.25, 0.3) is 5.69 Å². The molecule has 3 rings (SSSR count). The molecule has 27 heavy (non-hydrogen) atoms. The Bertz CT molecular complexity index is 859. The van der Waals surface area contributed by atoms with Gasteiger partial charge in [0.2, 0.25) is 0 Å². The Morgan fingerprint density at radius 1 is 1.37 bits per heavy atom. The summed E-state index contributed by atoms with van der Waals surface area (Å²) in [6, 6.07) is 6.64. The van der Waals surface area contributed by atoms with Crippen molar-refractivity contribution in [2.24, 2.45) is 0 Å². The summed E-state index contributed by atoms with van der Waals surface area (Å²) in [5, 5.41) is 30.3. The quantitative estimate of drug-likeness (QED) is 0.473. The fourth-order valence-electron chi connectivity index (χ4n) is 3.67. The molecule has 1 aromatic heterocycles. The first-order valence-electron chi connectivity index (χ1n) is 9.03. The highest BCUT2D eigenvalue weighted by Crippen LogP contribution is 2.34. The van der Waals surface area contributed by atoms with Crippen molar-refractivity contribution in [2.45, 2.75) is 39.2 Å². The van der Waals surface area contributed by atoms with Crippen LogP contribution in [0.4, 0.5) is 10.5 Å². The molecule has 1 aliphatic rings. The van der Waals surface area contributed by atoms with Gasteiger partial charge in [-0.15, -0.1) is 0 Å². The number of hydrogen-bond donors (Lipinski definition) is 4. The lowest BCUT2D eigenvalue weighted by molar-refractivity contribution is -0.991. The first-order chi connectivity index (χ1) is 12.9. The van der Waals surface area contributed by atoms with E-state index in [0.717, 1.165) is 23.4 Å². The van der Waals surface area contributed by atoms with Crippen LogP contribution in [0, 0.1) is 19.1 Å². The second-order valence-corrected chi connectivity index (χ2v) is 6.66. The van der Waals surface area contributed by atoms with E-state index in [1.807, 2.05) is 26.8 Å². The molecule has 1 heterocycles. The number of aryl methyl sites for hydroxylation is 1. The lowest BCUT2D eigenvalue weighted by Crippen LogP contribution is -2.99. The van der Waals surface area contributed by atoms with E-state index in [1.54, 1.807) is 28.9 Å². The Balaban J connectivity index is 1.86. The van der Waals surface area contributed by atoms with Crippen molar-refractivity contribution >= 4 is 11.7 Å². The molecule has 3 atom stereocenters. The van der Waals surface area contributed by atoms with E-state index in [1.165, 1.54) is 0 Å². The molecule has 0 bridgehead atoms. The van der Waals surface area contributed by atoms with Crippen molar-refractivity contribution in [3.05, 3.63) is 58.6 Å². The van der Waals surface area contributed by atoms with Crippen molar-refractivity contribution in [1.29, 1.82) is 0 Å². The van der Waals surface area contributed by atoms with Gasteiger partial charge in [0.15, 0.2) is 5.69 Å². The fourth-order valence-corrected chi connectivity index (χ4v) is 3.67. The van der Waals surface area contributed by atoms with Crippen LogP contribution < -0.4 is 15.9 Å². The zero-order valence-electron chi connectivity index (χ0n) is 15.7. The minimum Gasteiger partial charge on any atom is -0.595 e. The molecule has 1 aromatic carbocycles. The highest BCUT2D eigenvalue weighted by Gasteiger charge is 2.27. The molecule has 1 aliphatic carbocycles. The average molecular weight is 371 g/mol. The number of para-hydroxylation sites is 2. The summed E-state index contributed by atoms with van der Waals surface area (Å²) in [6.45, 7) is 6.34. The molecule has 3 unspecified atom stereocenters. The lowest BCUT2D eigenvalue weighted by atomic mass is 9.96. The van der Waals surface area contributed by atoms with Gasteiger partial charge in [-0.1, -0.05) is 24.3 Å². The van der Waals surface area contributed by atoms with E-state index < -0.39 is 5.23 Å². The number of aromatic nitrogens is 2. The lowest BCUT2D eigenvalue weighted by Gasteiger charge is -2.17. The molecule has 0 fully saturated rings. The predicted octanol–water partition coefficient (Wildman–Crippen LogP) is 1.62. The molecule has 0 radical (unpaired) electrons. The number of nitrogens with zero attached hydrogens (tertiary/aromatic N) is 2. The van der Waals surface area contributed by atoms with Crippen LogP contribution in [-0.4, -0.2) is 33.6 Å².